The zero-order valence-corrected chi connectivity index (χ0v) is 13.1. The minimum atomic E-state index is 0.301. The molecule has 0 aliphatic carbocycles. The van der Waals surface area contributed by atoms with Gasteiger partial charge < -0.3 is 15.8 Å². The van der Waals surface area contributed by atoms with Crippen LogP contribution in [0.15, 0.2) is 29.4 Å². The first-order valence-corrected chi connectivity index (χ1v) is 7.73. The second kappa shape index (κ2) is 7.52. The minimum absolute atomic E-state index is 0.301. The molecule has 1 aromatic carbocycles. The summed E-state index contributed by atoms with van der Waals surface area (Å²) in [5.74, 6) is 0.301. The van der Waals surface area contributed by atoms with Crippen LogP contribution >= 0.6 is 11.6 Å². The van der Waals surface area contributed by atoms with Crippen LogP contribution in [0.4, 0.5) is 5.69 Å². The van der Waals surface area contributed by atoms with Crippen molar-refractivity contribution in [2.75, 3.05) is 31.1 Å². The molecule has 116 valence electrons. The van der Waals surface area contributed by atoms with E-state index in [1.807, 2.05) is 18.2 Å². The Balaban J connectivity index is 1.95. The summed E-state index contributed by atoms with van der Waals surface area (Å²) >= 11 is 6.26. The maximum absolute atomic E-state index is 8.72. The van der Waals surface area contributed by atoms with Gasteiger partial charge in [0.25, 0.3) is 0 Å². The van der Waals surface area contributed by atoms with Gasteiger partial charge in [0.1, 0.15) is 5.84 Å². The second-order valence-corrected chi connectivity index (χ2v) is 5.74. The van der Waals surface area contributed by atoms with Crippen LogP contribution in [0.2, 0.25) is 5.02 Å². The number of nitrogens with zero attached hydrogens (tertiary/aromatic N) is 3. The first kappa shape index (κ1) is 15.9. The molecule has 1 aliphatic heterocycles. The van der Waals surface area contributed by atoms with Crippen molar-refractivity contribution in [3.8, 4) is 0 Å². The minimum Gasteiger partial charge on any atom is -0.409 e. The largest absolute Gasteiger partial charge is 0.409 e. The quantitative estimate of drug-likeness (QED) is 0.379. The van der Waals surface area contributed by atoms with Gasteiger partial charge in [-0.2, -0.15) is 0 Å². The number of para-hydroxylation sites is 1. The SMILES string of the molecule is CCC(C/C(N)=N/O)N1CCN(c2ccccc2Cl)CC1. The molecular formula is C15H23ClN4O. The van der Waals surface area contributed by atoms with Crippen LogP contribution in [0.5, 0.6) is 0 Å². The van der Waals surface area contributed by atoms with Gasteiger partial charge in [-0.25, -0.2) is 0 Å². The Morgan fingerprint density at radius 1 is 1.33 bits per heavy atom. The number of amidine groups is 1. The maximum atomic E-state index is 8.72. The molecule has 0 radical (unpaired) electrons. The van der Waals surface area contributed by atoms with E-state index in [1.54, 1.807) is 0 Å². The number of anilines is 1. The van der Waals surface area contributed by atoms with Gasteiger partial charge in [-0.05, 0) is 18.6 Å². The molecular weight excluding hydrogens is 288 g/mol. The Morgan fingerprint density at radius 3 is 2.57 bits per heavy atom. The van der Waals surface area contributed by atoms with Crippen LogP contribution < -0.4 is 10.6 Å². The molecule has 1 fully saturated rings. The predicted molar refractivity (Wildman–Crippen MR) is 87.3 cm³/mol. The van der Waals surface area contributed by atoms with Gasteiger partial charge in [0, 0.05) is 38.6 Å². The summed E-state index contributed by atoms with van der Waals surface area (Å²) in [4.78, 5) is 4.72. The first-order chi connectivity index (χ1) is 10.2. The Bertz CT molecular complexity index is 486. The number of benzene rings is 1. The number of rotatable bonds is 5. The number of nitrogens with two attached hydrogens (primary N) is 1. The van der Waals surface area contributed by atoms with E-state index >= 15 is 0 Å². The normalized spacial score (nSPS) is 18.8. The van der Waals surface area contributed by atoms with Crippen molar-refractivity contribution in [3.05, 3.63) is 29.3 Å². The third-order valence-corrected chi connectivity index (χ3v) is 4.39. The van der Waals surface area contributed by atoms with E-state index < -0.39 is 0 Å². The number of oxime groups is 1. The lowest BCUT2D eigenvalue weighted by molar-refractivity contribution is 0.182. The van der Waals surface area contributed by atoms with Crippen LogP contribution in [0.3, 0.4) is 0 Å². The summed E-state index contributed by atoms with van der Waals surface area (Å²) in [5, 5.41) is 12.6. The zero-order chi connectivity index (χ0) is 15.2. The number of hydrogen-bond donors (Lipinski definition) is 2. The summed E-state index contributed by atoms with van der Waals surface area (Å²) in [6, 6.07) is 8.28. The van der Waals surface area contributed by atoms with E-state index in [0.717, 1.165) is 43.3 Å². The molecule has 3 N–H and O–H groups in total. The Hall–Kier alpha value is -1.46. The zero-order valence-electron chi connectivity index (χ0n) is 12.4. The molecule has 0 saturated carbocycles. The molecule has 1 aromatic rings. The molecule has 21 heavy (non-hydrogen) atoms. The van der Waals surface area contributed by atoms with Gasteiger partial charge in [0.05, 0.1) is 10.7 Å². The number of halogens is 1. The van der Waals surface area contributed by atoms with E-state index in [4.69, 9.17) is 22.5 Å². The molecule has 1 aliphatic rings. The molecule has 6 heteroatoms. The lowest BCUT2D eigenvalue weighted by Crippen LogP contribution is -2.51. The molecule has 5 nitrogen and oxygen atoms in total. The van der Waals surface area contributed by atoms with Gasteiger partial charge in [-0.15, -0.1) is 0 Å². The summed E-state index contributed by atoms with van der Waals surface area (Å²) in [6.45, 7) is 5.94. The second-order valence-electron chi connectivity index (χ2n) is 5.33. The van der Waals surface area contributed by atoms with Crippen molar-refractivity contribution in [2.24, 2.45) is 10.9 Å². The summed E-state index contributed by atoms with van der Waals surface area (Å²) < 4.78 is 0. The number of hydrogen-bond acceptors (Lipinski definition) is 4. The lowest BCUT2D eigenvalue weighted by Gasteiger charge is -2.40. The standard InChI is InChI=1S/C15H23ClN4O/c1-2-12(11-15(17)18-21)19-7-9-20(10-8-19)14-6-4-3-5-13(14)16/h3-6,12,21H,2,7-11H2,1H3,(H2,17,18). The van der Waals surface area contributed by atoms with Crippen LogP contribution in [-0.2, 0) is 0 Å². The summed E-state index contributed by atoms with van der Waals surface area (Å²) in [5.41, 5.74) is 6.74. The van der Waals surface area contributed by atoms with E-state index in [0.29, 0.717) is 18.3 Å². The molecule has 1 unspecified atom stereocenters. The van der Waals surface area contributed by atoms with Crippen molar-refractivity contribution in [2.45, 2.75) is 25.8 Å². The highest BCUT2D eigenvalue weighted by Crippen LogP contribution is 2.26. The third kappa shape index (κ3) is 4.02. The Kier molecular flexibility index (Phi) is 5.70. The number of piperazine rings is 1. The summed E-state index contributed by atoms with van der Waals surface area (Å²) in [7, 11) is 0. The van der Waals surface area contributed by atoms with Crippen molar-refractivity contribution in [3.63, 3.8) is 0 Å². The molecule has 0 bridgehead atoms. The topological polar surface area (TPSA) is 65.1 Å². The van der Waals surface area contributed by atoms with E-state index in [-0.39, 0.29) is 0 Å². The highest BCUT2D eigenvalue weighted by molar-refractivity contribution is 6.33. The first-order valence-electron chi connectivity index (χ1n) is 7.35. The molecule has 1 heterocycles. The van der Waals surface area contributed by atoms with Gasteiger partial charge in [-0.1, -0.05) is 35.8 Å². The van der Waals surface area contributed by atoms with Gasteiger partial charge >= 0.3 is 0 Å². The molecule has 0 spiro atoms. The fraction of sp³-hybridized carbons (Fsp3) is 0.533. The van der Waals surface area contributed by atoms with Gasteiger partial charge in [0.2, 0.25) is 0 Å². The van der Waals surface area contributed by atoms with Crippen molar-refractivity contribution in [1.29, 1.82) is 0 Å². The molecule has 1 atom stereocenters. The lowest BCUT2D eigenvalue weighted by atomic mass is 10.1. The van der Waals surface area contributed by atoms with Crippen LogP contribution in [0.25, 0.3) is 0 Å². The van der Waals surface area contributed by atoms with Gasteiger partial charge in [-0.3, -0.25) is 4.90 Å². The molecule has 0 amide bonds. The Labute approximate surface area is 131 Å². The third-order valence-electron chi connectivity index (χ3n) is 4.07. The van der Waals surface area contributed by atoms with Crippen molar-refractivity contribution >= 4 is 23.1 Å². The van der Waals surface area contributed by atoms with E-state index in [1.165, 1.54) is 0 Å². The Morgan fingerprint density at radius 2 is 2.00 bits per heavy atom. The average Bonchev–Trinajstić information content (AvgIpc) is 2.53. The molecule has 2 rings (SSSR count). The highest BCUT2D eigenvalue weighted by Gasteiger charge is 2.24. The summed E-state index contributed by atoms with van der Waals surface area (Å²) in [6.07, 6.45) is 1.60. The molecule has 0 aromatic heterocycles. The highest BCUT2D eigenvalue weighted by atomic mass is 35.5. The fourth-order valence-corrected chi connectivity index (χ4v) is 3.11. The monoisotopic (exact) mass is 310 g/mol. The maximum Gasteiger partial charge on any atom is 0.140 e. The van der Waals surface area contributed by atoms with Crippen LogP contribution in [0, 0.1) is 0 Å². The van der Waals surface area contributed by atoms with Crippen LogP contribution in [-0.4, -0.2) is 48.2 Å². The van der Waals surface area contributed by atoms with E-state index in [9.17, 15) is 0 Å². The van der Waals surface area contributed by atoms with Crippen molar-refractivity contribution < 1.29 is 5.21 Å². The average molecular weight is 311 g/mol. The predicted octanol–water partition coefficient (Wildman–Crippen LogP) is 2.38. The van der Waals surface area contributed by atoms with Crippen molar-refractivity contribution in [1.82, 2.24) is 4.90 Å². The van der Waals surface area contributed by atoms with E-state index in [2.05, 4.69) is 27.9 Å². The van der Waals surface area contributed by atoms with Crippen LogP contribution in [0.1, 0.15) is 19.8 Å². The fourth-order valence-electron chi connectivity index (χ4n) is 2.85. The molecule has 1 saturated heterocycles. The smallest absolute Gasteiger partial charge is 0.140 e. The van der Waals surface area contributed by atoms with Gasteiger partial charge in [0.15, 0.2) is 0 Å².